The van der Waals surface area contributed by atoms with Crippen molar-refractivity contribution in [2.24, 2.45) is 0 Å². The molecule has 0 saturated heterocycles. The van der Waals surface area contributed by atoms with Gasteiger partial charge < -0.3 is 15.5 Å². The third kappa shape index (κ3) is 79.7. The van der Waals surface area contributed by atoms with Gasteiger partial charge in [0.25, 0.3) is 0 Å². The molecule has 0 saturated carbocycles. The third-order valence-electron chi connectivity index (χ3n) is 2.36. The number of hydrogen-bond acceptors (Lipinski definition) is 6. The Morgan fingerprint density at radius 1 is 0.885 bits per heavy atom. The Labute approximate surface area is 158 Å². The predicted octanol–water partition coefficient (Wildman–Crippen LogP) is 2.23. The molecule has 0 aromatic carbocycles. The van der Waals surface area contributed by atoms with Crippen LogP contribution in [0.15, 0.2) is 12.2 Å². The minimum Gasteiger partial charge on any atom is -0.393 e. The van der Waals surface area contributed by atoms with Crippen LogP contribution in [-0.4, -0.2) is 52.7 Å². The predicted molar refractivity (Wildman–Crippen MR) is 106 cm³/mol. The van der Waals surface area contributed by atoms with E-state index in [0.29, 0.717) is 0 Å². The molecule has 3 N–H and O–H groups in total. The summed E-state index contributed by atoms with van der Waals surface area (Å²) in [5.74, 6) is -0.940. The lowest BCUT2D eigenvalue weighted by Crippen LogP contribution is -2.11. The number of carbonyl (C=O) groups is 4. The van der Waals surface area contributed by atoms with E-state index in [2.05, 4.69) is 5.32 Å². The molecule has 0 aliphatic heterocycles. The maximum Gasteiger partial charge on any atom is 0.216 e. The van der Waals surface area contributed by atoms with Crippen molar-refractivity contribution in [3.63, 3.8) is 0 Å². The summed E-state index contributed by atoms with van der Waals surface area (Å²) < 4.78 is 0. The normalized spacial score (nSPS) is 10.6. The van der Waals surface area contributed by atoms with E-state index in [-0.39, 0.29) is 29.4 Å². The number of Topliss-reactive ketones (excluding diaryl/α,β-unsaturated/α-hetero) is 3. The van der Waals surface area contributed by atoms with Gasteiger partial charge in [-0.25, -0.2) is 0 Å². The Hall–Kier alpha value is -1.86. The molecule has 0 spiro atoms. The topological polar surface area (TPSA) is 121 Å². The SMILES string of the molecule is CC(=O)C(C)=O.CC(=O)C(C)O.CC=CC.CCC(C)O.CNC(C)=O. The van der Waals surface area contributed by atoms with E-state index in [9.17, 15) is 19.2 Å². The van der Waals surface area contributed by atoms with E-state index in [4.69, 9.17) is 10.2 Å². The van der Waals surface area contributed by atoms with Gasteiger partial charge in [-0.05, 0) is 41.0 Å². The van der Waals surface area contributed by atoms with Crippen LogP contribution in [0, 0.1) is 0 Å². The fourth-order valence-electron chi connectivity index (χ4n) is 0. The van der Waals surface area contributed by atoms with Crippen molar-refractivity contribution in [1.29, 1.82) is 0 Å². The molecule has 0 fully saturated rings. The van der Waals surface area contributed by atoms with Crippen LogP contribution in [0.25, 0.3) is 0 Å². The quantitative estimate of drug-likeness (QED) is 0.512. The Bertz CT molecular complexity index is 371. The van der Waals surface area contributed by atoms with Crippen LogP contribution in [0.1, 0.15) is 68.7 Å². The van der Waals surface area contributed by atoms with E-state index in [0.717, 1.165) is 6.42 Å². The second-order valence-corrected chi connectivity index (χ2v) is 5.13. The van der Waals surface area contributed by atoms with Crippen LogP contribution < -0.4 is 5.32 Å². The summed E-state index contributed by atoms with van der Waals surface area (Å²) >= 11 is 0. The summed E-state index contributed by atoms with van der Waals surface area (Å²) in [6, 6.07) is 0. The summed E-state index contributed by atoms with van der Waals surface area (Å²) in [6.45, 7) is 14.5. The second kappa shape index (κ2) is 28.0. The lowest BCUT2D eigenvalue weighted by molar-refractivity contribution is -0.134. The zero-order valence-corrected chi connectivity index (χ0v) is 18.0. The van der Waals surface area contributed by atoms with E-state index >= 15 is 0 Å². The minimum absolute atomic E-state index is 0.00463. The first-order valence-electron chi connectivity index (χ1n) is 8.38. The summed E-state index contributed by atoms with van der Waals surface area (Å²) in [4.78, 5) is 39.2. The van der Waals surface area contributed by atoms with Crippen molar-refractivity contribution in [1.82, 2.24) is 5.32 Å². The van der Waals surface area contributed by atoms with Crippen LogP contribution in [0.4, 0.5) is 0 Å². The number of ketones is 3. The molecule has 0 aliphatic rings. The van der Waals surface area contributed by atoms with E-state index < -0.39 is 6.10 Å². The third-order valence-corrected chi connectivity index (χ3v) is 2.36. The van der Waals surface area contributed by atoms with Crippen LogP contribution in [0.3, 0.4) is 0 Å². The largest absolute Gasteiger partial charge is 0.393 e. The molecule has 156 valence electrons. The van der Waals surface area contributed by atoms with E-state index in [1.807, 2.05) is 32.9 Å². The first-order valence-corrected chi connectivity index (χ1v) is 8.38. The number of rotatable bonds is 3. The average molecular weight is 378 g/mol. The van der Waals surface area contributed by atoms with Crippen molar-refractivity contribution < 1.29 is 29.4 Å². The van der Waals surface area contributed by atoms with Crippen molar-refractivity contribution >= 4 is 23.3 Å². The van der Waals surface area contributed by atoms with Gasteiger partial charge >= 0.3 is 0 Å². The highest BCUT2D eigenvalue weighted by molar-refractivity contribution is 6.35. The van der Waals surface area contributed by atoms with E-state index in [1.165, 1.54) is 34.6 Å². The van der Waals surface area contributed by atoms with Gasteiger partial charge in [0.05, 0.1) is 6.10 Å². The van der Waals surface area contributed by atoms with Gasteiger partial charge in [-0.15, -0.1) is 0 Å². The van der Waals surface area contributed by atoms with Gasteiger partial charge in [-0.2, -0.15) is 0 Å². The first kappa shape index (κ1) is 35.3. The standard InChI is InChI=1S/C4H8O2.C4H6O2.C4H10O.C4H8.C3H7NO/c2*1-3(5)4(2)6;1-3-4(2)5;1-3-4-2;1-3(5)4-2/h3,5H,1-2H3;1-2H3;4-5H,3H2,1-2H3;3-4H,1-2H3;1-2H3,(H,4,5). The van der Waals surface area contributed by atoms with Crippen molar-refractivity contribution in [3.05, 3.63) is 12.2 Å². The molecule has 0 radical (unpaired) electrons. The van der Waals surface area contributed by atoms with Crippen LogP contribution >= 0.6 is 0 Å². The Balaban J connectivity index is -0.0000000712. The van der Waals surface area contributed by atoms with Gasteiger partial charge in [0.15, 0.2) is 17.3 Å². The molecule has 0 aromatic heterocycles. The average Bonchev–Trinajstić information content (AvgIpc) is 2.56. The van der Waals surface area contributed by atoms with Crippen LogP contribution in [-0.2, 0) is 19.2 Å². The number of nitrogens with one attached hydrogen (secondary N) is 1. The van der Waals surface area contributed by atoms with Gasteiger partial charge in [-0.1, -0.05) is 19.1 Å². The molecule has 0 heterocycles. The monoisotopic (exact) mass is 377 g/mol. The molecule has 0 bridgehead atoms. The fraction of sp³-hybridized carbons (Fsp3) is 0.684. The molecule has 7 heteroatoms. The minimum atomic E-state index is -0.787. The molecular formula is C19H39NO6. The molecule has 1 amide bonds. The molecule has 0 rings (SSSR count). The lowest BCUT2D eigenvalue weighted by atomic mass is 10.3. The smallest absolute Gasteiger partial charge is 0.216 e. The number of hydrogen-bond donors (Lipinski definition) is 3. The Morgan fingerprint density at radius 3 is 1.08 bits per heavy atom. The summed E-state index contributed by atoms with van der Waals surface area (Å²) in [6.07, 6.45) is 3.96. The highest BCUT2D eigenvalue weighted by Gasteiger charge is 1.97. The second-order valence-electron chi connectivity index (χ2n) is 5.13. The van der Waals surface area contributed by atoms with Gasteiger partial charge in [0.2, 0.25) is 5.91 Å². The molecule has 0 aromatic rings. The highest BCUT2D eigenvalue weighted by atomic mass is 16.3. The van der Waals surface area contributed by atoms with Crippen molar-refractivity contribution in [2.45, 2.75) is 80.9 Å². The van der Waals surface area contributed by atoms with Gasteiger partial charge in [0, 0.05) is 27.8 Å². The summed E-state index contributed by atoms with van der Waals surface area (Å²) in [5, 5.41) is 19.0. The molecule has 7 nitrogen and oxygen atoms in total. The maximum atomic E-state index is 9.89. The molecular weight excluding hydrogens is 338 g/mol. The molecule has 2 unspecified atom stereocenters. The zero-order valence-electron chi connectivity index (χ0n) is 18.0. The van der Waals surface area contributed by atoms with Crippen molar-refractivity contribution in [2.75, 3.05) is 7.05 Å². The fourth-order valence-corrected chi connectivity index (χ4v) is 0. The molecule has 26 heavy (non-hydrogen) atoms. The van der Waals surface area contributed by atoms with E-state index in [1.54, 1.807) is 14.0 Å². The van der Waals surface area contributed by atoms with Crippen molar-refractivity contribution in [3.8, 4) is 0 Å². The van der Waals surface area contributed by atoms with Crippen LogP contribution in [0.2, 0.25) is 0 Å². The Kier molecular flexibility index (Phi) is 37.9. The maximum absolute atomic E-state index is 9.89. The van der Waals surface area contributed by atoms with Gasteiger partial charge in [0.1, 0.15) is 6.10 Å². The highest BCUT2D eigenvalue weighted by Crippen LogP contribution is 1.81. The summed E-state index contributed by atoms with van der Waals surface area (Å²) in [5.41, 5.74) is 0. The number of aliphatic hydroxyl groups excluding tert-OH is 2. The van der Waals surface area contributed by atoms with Gasteiger partial charge in [-0.3, -0.25) is 19.2 Å². The van der Waals surface area contributed by atoms with Crippen LogP contribution in [0.5, 0.6) is 0 Å². The molecule has 0 aliphatic carbocycles. The zero-order chi connectivity index (χ0) is 22.3. The number of amides is 1. The molecule has 2 atom stereocenters. The number of allylic oxidation sites excluding steroid dienone is 2. The first-order chi connectivity index (χ1) is 11.7. The Morgan fingerprint density at radius 2 is 1.08 bits per heavy atom. The number of carbonyl (C=O) groups excluding carboxylic acids is 4. The summed E-state index contributed by atoms with van der Waals surface area (Å²) in [7, 11) is 1.60. The number of aliphatic hydroxyl groups is 2. The lowest BCUT2D eigenvalue weighted by Gasteiger charge is -1.90.